The van der Waals surface area contributed by atoms with E-state index >= 15 is 0 Å². The first-order chi connectivity index (χ1) is 13.6. The Morgan fingerprint density at radius 2 is 2.07 bits per heavy atom. The Hall–Kier alpha value is -2.74. The van der Waals surface area contributed by atoms with Crippen molar-refractivity contribution < 1.29 is 4.79 Å². The van der Waals surface area contributed by atoms with Crippen LogP contribution in [-0.4, -0.2) is 25.8 Å². The van der Waals surface area contributed by atoms with Crippen molar-refractivity contribution in [3.05, 3.63) is 51.9 Å². The van der Waals surface area contributed by atoms with Gasteiger partial charge in [-0.05, 0) is 57.2 Å². The van der Waals surface area contributed by atoms with E-state index < -0.39 is 0 Å². The van der Waals surface area contributed by atoms with Crippen LogP contribution < -0.4 is 10.6 Å². The van der Waals surface area contributed by atoms with Crippen LogP contribution in [0.15, 0.2) is 24.4 Å². The maximum Gasteiger partial charge on any atom is 0.321 e. The first-order valence-electron chi connectivity index (χ1n) is 9.60. The van der Waals surface area contributed by atoms with Crippen LogP contribution in [0.2, 0.25) is 0 Å². The van der Waals surface area contributed by atoms with Gasteiger partial charge in [0.05, 0.1) is 11.4 Å². The fourth-order valence-electron chi connectivity index (χ4n) is 3.41. The van der Waals surface area contributed by atoms with Crippen molar-refractivity contribution in [2.45, 2.75) is 52.5 Å². The minimum absolute atomic E-state index is 0.244. The van der Waals surface area contributed by atoms with Crippen LogP contribution >= 0.6 is 11.3 Å². The second kappa shape index (κ2) is 8.10. The number of thiazole rings is 1. The molecule has 0 atom stereocenters. The fourth-order valence-corrected chi connectivity index (χ4v) is 4.46. The highest BCUT2D eigenvalue weighted by atomic mass is 32.1. The van der Waals surface area contributed by atoms with Crippen LogP contribution in [0, 0.1) is 13.8 Å². The Morgan fingerprint density at radius 1 is 1.21 bits per heavy atom. The topological polar surface area (TPSA) is 84.7 Å². The normalized spacial score (nSPS) is 13.6. The molecule has 7 nitrogen and oxygen atoms in total. The van der Waals surface area contributed by atoms with Crippen LogP contribution in [0.5, 0.6) is 0 Å². The van der Waals surface area contributed by atoms with Gasteiger partial charge in [0.1, 0.15) is 0 Å². The molecular weight excluding hydrogens is 372 g/mol. The Morgan fingerprint density at radius 3 is 2.82 bits per heavy atom. The zero-order valence-electron chi connectivity index (χ0n) is 16.2. The molecule has 28 heavy (non-hydrogen) atoms. The number of nitrogens with zero attached hydrogens (tertiary/aromatic N) is 4. The molecule has 2 N–H and O–H groups in total. The van der Waals surface area contributed by atoms with Gasteiger partial charge in [0.15, 0.2) is 10.9 Å². The molecule has 3 aromatic heterocycles. The van der Waals surface area contributed by atoms with Crippen molar-refractivity contribution in [1.29, 1.82) is 0 Å². The minimum Gasteiger partial charge on any atom is -0.334 e. The van der Waals surface area contributed by atoms with E-state index in [4.69, 9.17) is 0 Å². The predicted molar refractivity (Wildman–Crippen MR) is 110 cm³/mol. The Bertz CT molecular complexity index is 952. The fraction of sp³-hybridized carbons (Fsp3) is 0.400. The number of urea groups is 1. The monoisotopic (exact) mass is 396 g/mol. The highest BCUT2D eigenvalue weighted by molar-refractivity contribution is 7.15. The average Bonchev–Trinajstić information content (AvgIpc) is 3.14. The summed E-state index contributed by atoms with van der Waals surface area (Å²) in [6.07, 6.45) is 7.51. The summed E-state index contributed by atoms with van der Waals surface area (Å²) in [5.41, 5.74) is 4.08. The van der Waals surface area contributed by atoms with E-state index in [2.05, 4.69) is 25.7 Å². The van der Waals surface area contributed by atoms with Gasteiger partial charge < -0.3 is 5.32 Å². The number of aryl methyl sites for hydroxylation is 4. The number of hydrogen-bond donors (Lipinski definition) is 2. The number of nitrogens with one attached hydrogen (secondary N) is 2. The predicted octanol–water partition coefficient (Wildman–Crippen LogP) is 3.93. The molecule has 0 saturated heterocycles. The Labute approximate surface area is 168 Å². The average molecular weight is 397 g/mol. The molecule has 8 heteroatoms. The highest BCUT2D eigenvalue weighted by Gasteiger charge is 2.15. The summed E-state index contributed by atoms with van der Waals surface area (Å²) in [7, 11) is 0. The number of pyridine rings is 1. The second-order valence-corrected chi connectivity index (χ2v) is 8.20. The summed E-state index contributed by atoms with van der Waals surface area (Å²) in [5.74, 6) is 0.767. The van der Waals surface area contributed by atoms with Crippen LogP contribution in [0.3, 0.4) is 0 Å². The maximum atomic E-state index is 12.2. The molecule has 0 bridgehead atoms. The third-order valence-electron chi connectivity index (χ3n) is 4.80. The molecule has 0 fully saturated rings. The molecule has 0 spiro atoms. The van der Waals surface area contributed by atoms with Crippen molar-refractivity contribution in [2.75, 3.05) is 5.32 Å². The molecule has 0 unspecified atom stereocenters. The number of fused-ring (bicyclic) bond motifs is 1. The largest absolute Gasteiger partial charge is 0.334 e. The number of amides is 2. The number of carbonyl (C=O) groups excluding carboxylic acids is 1. The molecular formula is C20H24N6OS. The summed E-state index contributed by atoms with van der Waals surface area (Å²) >= 11 is 1.60. The highest BCUT2D eigenvalue weighted by Crippen LogP contribution is 2.28. The van der Waals surface area contributed by atoms with Gasteiger partial charge in [0.2, 0.25) is 0 Å². The molecule has 0 radical (unpaired) electrons. The first kappa shape index (κ1) is 18.6. The van der Waals surface area contributed by atoms with Gasteiger partial charge in [0, 0.05) is 23.3 Å². The lowest BCUT2D eigenvalue weighted by molar-refractivity contribution is 0.251. The van der Waals surface area contributed by atoms with Crippen LogP contribution in [-0.2, 0) is 19.4 Å². The molecule has 4 rings (SSSR count). The number of hydrogen-bond acceptors (Lipinski definition) is 5. The first-order valence-corrected chi connectivity index (χ1v) is 10.4. The third kappa shape index (κ3) is 4.22. The molecule has 2 amide bonds. The molecule has 0 aliphatic heterocycles. The van der Waals surface area contributed by atoms with Crippen molar-refractivity contribution in [2.24, 2.45) is 0 Å². The molecule has 3 heterocycles. The number of rotatable bonds is 4. The van der Waals surface area contributed by atoms with Gasteiger partial charge in [-0.3, -0.25) is 5.32 Å². The molecule has 1 aliphatic rings. The molecule has 0 aromatic carbocycles. The zero-order valence-corrected chi connectivity index (χ0v) is 17.0. The minimum atomic E-state index is -0.244. The van der Waals surface area contributed by atoms with Gasteiger partial charge in [-0.25, -0.2) is 19.4 Å². The van der Waals surface area contributed by atoms with Crippen molar-refractivity contribution >= 4 is 22.5 Å². The van der Waals surface area contributed by atoms with Crippen molar-refractivity contribution in [3.8, 4) is 5.82 Å². The van der Waals surface area contributed by atoms with Gasteiger partial charge in [0.25, 0.3) is 0 Å². The van der Waals surface area contributed by atoms with E-state index in [-0.39, 0.29) is 6.03 Å². The third-order valence-corrected chi connectivity index (χ3v) is 5.88. The van der Waals surface area contributed by atoms with Crippen LogP contribution in [0.25, 0.3) is 5.82 Å². The van der Waals surface area contributed by atoms with E-state index in [0.29, 0.717) is 11.7 Å². The van der Waals surface area contributed by atoms with Crippen molar-refractivity contribution in [1.82, 2.24) is 25.1 Å². The maximum absolute atomic E-state index is 12.2. The number of anilines is 1. The molecule has 3 aromatic rings. The summed E-state index contributed by atoms with van der Waals surface area (Å²) in [4.78, 5) is 22.6. The van der Waals surface area contributed by atoms with Gasteiger partial charge >= 0.3 is 6.03 Å². The molecule has 1 aliphatic carbocycles. The van der Waals surface area contributed by atoms with E-state index in [1.54, 1.807) is 17.5 Å². The van der Waals surface area contributed by atoms with Crippen LogP contribution in [0.4, 0.5) is 9.93 Å². The van der Waals surface area contributed by atoms with E-state index in [0.717, 1.165) is 41.3 Å². The Balaban J connectivity index is 1.33. The quantitative estimate of drug-likeness (QED) is 0.655. The smallest absolute Gasteiger partial charge is 0.321 e. The van der Waals surface area contributed by atoms with E-state index in [9.17, 15) is 4.79 Å². The summed E-state index contributed by atoms with van der Waals surface area (Å²) in [5, 5.41) is 10.8. The Kier molecular flexibility index (Phi) is 5.38. The van der Waals surface area contributed by atoms with Crippen molar-refractivity contribution in [3.63, 3.8) is 0 Å². The lowest BCUT2D eigenvalue weighted by Crippen LogP contribution is -2.28. The zero-order chi connectivity index (χ0) is 19.5. The number of carbonyl (C=O) groups is 1. The SMILES string of the molecule is Cc1cc(C)n(-c2ccc(CNC(=O)Nc3nc4c(s3)CCCCC4)cn2)n1. The van der Waals surface area contributed by atoms with Gasteiger partial charge in [-0.15, -0.1) is 11.3 Å². The summed E-state index contributed by atoms with van der Waals surface area (Å²) in [6.45, 7) is 4.36. The van der Waals surface area contributed by atoms with Gasteiger partial charge in [-0.2, -0.15) is 5.10 Å². The van der Waals surface area contributed by atoms with E-state index in [1.165, 1.54) is 24.1 Å². The van der Waals surface area contributed by atoms with Crippen LogP contribution in [0.1, 0.15) is 46.8 Å². The van der Waals surface area contributed by atoms with E-state index in [1.807, 2.05) is 36.7 Å². The lowest BCUT2D eigenvalue weighted by Gasteiger charge is -2.07. The summed E-state index contributed by atoms with van der Waals surface area (Å²) in [6, 6.07) is 5.63. The molecule has 146 valence electrons. The molecule has 0 saturated carbocycles. The second-order valence-electron chi connectivity index (χ2n) is 7.12. The number of aromatic nitrogens is 4. The van der Waals surface area contributed by atoms with Gasteiger partial charge in [-0.1, -0.05) is 12.5 Å². The summed E-state index contributed by atoms with van der Waals surface area (Å²) < 4.78 is 1.81. The standard InChI is InChI=1S/C20H24N6OS/c1-13-10-14(2)26(25-13)18-9-8-15(11-21-18)12-22-19(27)24-20-23-16-6-4-3-5-7-17(16)28-20/h8-11H,3-7,12H2,1-2H3,(H2,22,23,24,27). The lowest BCUT2D eigenvalue weighted by atomic mass is 10.2.